The first-order valence-corrected chi connectivity index (χ1v) is 13.4. The van der Waals surface area contributed by atoms with Crippen LogP contribution in [0.15, 0.2) is 83.8 Å². The molecule has 2 atom stereocenters. The van der Waals surface area contributed by atoms with Gasteiger partial charge in [-0.15, -0.1) is 0 Å². The number of hydrogen-bond acceptors (Lipinski definition) is 5. The Morgan fingerprint density at radius 3 is 2.24 bits per heavy atom. The number of hydrogen-bond donors (Lipinski definition) is 2. The zero-order chi connectivity index (χ0) is 24.1. The Hall–Kier alpha value is -2.32. The number of carboxylic acids is 1. The Labute approximate surface area is 203 Å². The second kappa shape index (κ2) is 10.7. The van der Waals surface area contributed by atoms with Gasteiger partial charge in [-0.1, -0.05) is 85.3 Å². The smallest absolute Gasteiger partial charge is 0.336 e. The maximum atomic E-state index is 13.4. The molecule has 3 aromatic carbocycles. The second-order valence-corrected chi connectivity index (χ2v) is 11.7. The van der Waals surface area contributed by atoms with Crippen LogP contribution in [0.1, 0.15) is 18.9 Å². The minimum Gasteiger partial charge on any atom is -0.479 e. The lowest BCUT2D eigenvalue weighted by molar-refractivity contribution is -0.156. The summed E-state index contributed by atoms with van der Waals surface area (Å²) in [6, 6.07) is 23.0. The van der Waals surface area contributed by atoms with E-state index in [-0.39, 0.29) is 21.6 Å². The summed E-state index contributed by atoms with van der Waals surface area (Å²) < 4.78 is 26.7. The van der Waals surface area contributed by atoms with E-state index >= 15 is 0 Å². The highest BCUT2D eigenvalue weighted by Crippen LogP contribution is 2.34. The van der Waals surface area contributed by atoms with E-state index in [1.165, 1.54) is 17.8 Å². The van der Waals surface area contributed by atoms with Gasteiger partial charge in [0, 0.05) is 21.6 Å². The maximum absolute atomic E-state index is 13.4. The lowest BCUT2D eigenvalue weighted by Gasteiger charge is -2.27. The third-order valence-electron chi connectivity index (χ3n) is 5.19. The third-order valence-corrected chi connectivity index (χ3v) is 8.53. The molecule has 0 saturated carbocycles. The number of carboxylic acid groups (broad SMARTS) is 1. The van der Waals surface area contributed by atoms with Crippen LogP contribution >= 0.6 is 23.4 Å². The van der Waals surface area contributed by atoms with Crippen molar-refractivity contribution in [2.24, 2.45) is 0 Å². The average molecular weight is 505 g/mol. The molecule has 0 aliphatic carbocycles. The summed E-state index contributed by atoms with van der Waals surface area (Å²) >= 11 is 7.54. The van der Waals surface area contributed by atoms with Crippen LogP contribution in [0, 0.1) is 0 Å². The first-order chi connectivity index (χ1) is 15.6. The summed E-state index contributed by atoms with van der Waals surface area (Å²) in [7, 11) is -4.20. The molecule has 0 aliphatic heterocycles. The molecule has 3 aromatic rings. The maximum Gasteiger partial charge on any atom is 0.336 e. The van der Waals surface area contributed by atoms with Crippen molar-refractivity contribution in [3.63, 3.8) is 0 Å². The highest BCUT2D eigenvalue weighted by atomic mass is 35.5. The SMILES string of the molecule is CC(CC(O)(CS(=O)(=O)c1cc(Cl)ccc1-c1ccccc1)C(=O)O)SCc1ccccc1. The molecule has 0 aliphatic rings. The standard InChI is InChI=1S/C25H25ClO5S2/c1-18(32-16-19-8-4-2-5-9-19)15-25(29,24(27)28)17-33(30,31)23-14-21(26)12-13-22(23)20-10-6-3-7-11-20/h2-14,18,29H,15-17H2,1H3,(H,27,28). The predicted molar refractivity (Wildman–Crippen MR) is 133 cm³/mol. The fourth-order valence-corrected chi connectivity index (χ4v) is 6.71. The van der Waals surface area contributed by atoms with Crippen molar-refractivity contribution in [3.05, 3.63) is 89.4 Å². The van der Waals surface area contributed by atoms with Crippen molar-refractivity contribution in [2.75, 3.05) is 5.75 Å². The minimum absolute atomic E-state index is 0.106. The van der Waals surface area contributed by atoms with Crippen molar-refractivity contribution in [1.82, 2.24) is 0 Å². The number of thioether (sulfide) groups is 1. The number of halogens is 1. The van der Waals surface area contributed by atoms with E-state index in [2.05, 4.69) is 0 Å². The molecular formula is C25H25ClO5S2. The van der Waals surface area contributed by atoms with E-state index in [0.29, 0.717) is 16.9 Å². The molecule has 3 rings (SSSR count). The highest BCUT2D eigenvalue weighted by molar-refractivity contribution is 7.99. The summed E-state index contributed by atoms with van der Waals surface area (Å²) in [5.74, 6) is -1.90. The largest absolute Gasteiger partial charge is 0.479 e. The minimum atomic E-state index is -4.20. The zero-order valence-corrected chi connectivity index (χ0v) is 20.4. The highest BCUT2D eigenvalue weighted by Gasteiger charge is 2.43. The topological polar surface area (TPSA) is 91.7 Å². The van der Waals surface area contributed by atoms with Gasteiger partial charge in [0.2, 0.25) is 0 Å². The van der Waals surface area contributed by atoms with Crippen LogP contribution < -0.4 is 0 Å². The first-order valence-electron chi connectivity index (χ1n) is 10.3. The fourth-order valence-electron chi connectivity index (χ4n) is 3.56. The van der Waals surface area contributed by atoms with Crippen LogP contribution in [-0.2, 0) is 20.4 Å². The van der Waals surface area contributed by atoms with Gasteiger partial charge in [0.05, 0.1) is 10.6 Å². The Morgan fingerprint density at radius 1 is 1.03 bits per heavy atom. The molecular weight excluding hydrogens is 480 g/mol. The molecule has 0 fully saturated rings. The Bertz CT molecular complexity index is 1200. The van der Waals surface area contributed by atoms with Crippen LogP contribution in [0.25, 0.3) is 11.1 Å². The van der Waals surface area contributed by atoms with Gasteiger partial charge in [0.1, 0.15) is 0 Å². The van der Waals surface area contributed by atoms with Crippen LogP contribution in [0.5, 0.6) is 0 Å². The number of sulfone groups is 1. The van der Waals surface area contributed by atoms with Gasteiger partial charge in [-0.05, 0) is 29.7 Å². The number of aliphatic hydroxyl groups is 1. The summed E-state index contributed by atoms with van der Waals surface area (Å²) in [4.78, 5) is 11.9. The average Bonchev–Trinajstić information content (AvgIpc) is 2.78. The van der Waals surface area contributed by atoms with Crippen molar-refractivity contribution in [1.29, 1.82) is 0 Å². The molecule has 0 radical (unpaired) electrons. The molecule has 0 bridgehead atoms. The molecule has 0 spiro atoms. The molecule has 33 heavy (non-hydrogen) atoms. The normalized spacial score (nSPS) is 14.4. The third kappa shape index (κ3) is 6.60. The van der Waals surface area contributed by atoms with Crippen LogP contribution in [0.3, 0.4) is 0 Å². The Morgan fingerprint density at radius 2 is 1.64 bits per heavy atom. The van der Waals surface area contributed by atoms with E-state index in [4.69, 9.17) is 11.6 Å². The molecule has 2 unspecified atom stereocenters. The van der Waals surface area contributed by atoms with Gasteiger partial charge in [0.15, 0.2) is 15.4 Å². The molecule has 2 N–H and O–H groups in total. The fraction of sp³-hybridized carbons (Fsp3) is 0.240. The molecule has 0 heterocycles. The van der Waals surface area contributed by atoms with Gasteiger partial charge < -0.3 is 10.2 Å². The van der Waals surface area contributed by atoms with E-state index in [9.17, 15) is 23.4 Å². The van der Waals surface area contributed by atoms with E-state index in [0.717, 1.165) is 5.56 Å². The lowest BCUT2D eigenvalue weighted by Crippen LogP contribution is -2.47. The van der Waals surface area contributed by atoms with Crippen LogP contribution in [0.2, 0.25) is 5.02 Å². The second-order valence-electron chi connectivity index (χ2n) is 7.91. The van der Waals surface area contributed by atoms with E-state index < -0.39 is 27.2 Å². The Balaban J connectivity index is 1.85. The summed E-state index contributed by atoms with van der Waals surface area (Å²) in [5, 5.41) is 20.6. The van der Waals surface area contributed by atoms with Crippen LogP contribution in [-0.4, -0.2) is 41.2 Å². The number of benzene rings is 3. The molecule has 5 nitrogen and oxygen atoms in total. The predicted octanol–water partition coefficient (Wildman–Crippen LogP) is 5.31. The number of rotatable bonds is 10. The van der Waals surface area contributed by atoms with Gasteiger partial charge in [-0.2, -0.15) is 11.8 Å². The monoisotopic (exact) mass is 504 g/mol. The van der Waals surface area contributed by atoms with Gasteiger partial charge in [-0.25, -0.2) is 13.2 Å². The summed E-state index contributed by atoms with van der Waals surface area (Å²) in [5.41, 5.74) is -0.331. The quantitative estimate of drug-likeness (QED) is 0.389. The lowest BCUT2D eigenvalue weighted by atomic mass is 10.0. The molecule has 0 amide bonds. The van der Waals surface area contributed by atoms with Gasteiger partial charge in [-0.3, -0.25) is 0 Å². The zero-order valence-electron chi connectivity index (χ0n) is 18.0. The van der Waals surface area contributed by atoms with Crippen molar-refractivity contribution >= 4 is 39.2 Å². The first kappa shape index (κ1) is 25.3. The van der Waals surface area contributed by atoms with Crippen molar-refractivity contribution in [2.45, 2.75) is 34.8 Å². The molecule has 174 valence electrons. The van der Waals surface area contributed by atoms with E-state index in [1.54, 1.807) is 43.3 Å². The van der Waals surface area contributed by atoms with Crippen molar-refractivity contribution in [3.8, 4) is 11.1 Å². The molecule has 0 saturated heterocycles. The summed E-state index contributed by atoms with van der Waals surface area (Å²) in [6.45, 7) is 1.78. The molecule has 0 aromatic heterocycles. The van der Waals surface area contributed by atoms with Gasteiger partial charge >= 0.3 is 5.97 Å². The van der Waals surface area contributed by atoms with E-state index in [1.807, 2.05) is 36.4 Å². The Kier molecular flexibility index (Phi) is 8.23. The summed E-state index contributed by atoms with van der Waals surface area (Å²) in [6.07, 6.45) is -0.222. The number of carbonyl (C=O) groups is 1. The number of aliphatic carboxylic acids is 1. The van der Waals surface area contributed by atoms with Crippen LogP contribution in [0.4, 0.5) is 0 Å². The van der Waals surface area contributed by atoms with Gasteiger partial charge in [0.25, 0.3) is 0 Å². The molecule has 8 heteroatoms. The van der Waals surface area contributed by atoms with Crippen molar-refractivity contribution < 1.29 is 23.4 Å².